The molecule has 2 nitrogen and oxygen atoms in total. The zero-order chi connectivity index (χ0) is 11.3. The number of carbonyl (C=O) groups is 1. The molecule has 0 spiro atoms. The van der Waals surface area contributed by atoms with Crippen molar-refractivity contribution in [3.8, 4) is 0 Å². The summed E-state index contributed by atoms with van der Waals surface area (Å²) in [4.78, 5) is 12.9. The molecule has 0 saturated heterocycles. The van der Waals surface area contributed by atoms with E-state index in [1.165, 1.54) is 4.90 Å². The van der Waals surface area contributed by atoms with Gasteiger partial charge in [-0.05, 0) is 24.8 Å². The predicted octanol–water partition coefficient (Wildman–Crippen LogP) is 2.72. The quantitative estimate of drug-likeness (QED) is 0.616. The van der Waals surface area contributed by atoms with Crippen molar-refractivity contribution in [3.05, 3.63) is 29.8 Å². The summed E-state index contributed by atoms with van der Waals surface area (Å²) in [6.45, 7) is 1.99. The molecular weight excluding hydrogens is 206 g/mol. The highest BCUT2D eigenvalue weighted by molar-refractivity contribution is 7.98. The van der Waals surface area contributed by atoms with Crippen LogP contribution in [0.1, 0.15) is 30.1 Å². The molecule has 1 unspecified atom stereocenters. The molecule has 0 saturated carbocycles. The summed E-state index contributed by atoms with van der Waals surface area (Å²) < 4.78 is 0. The van der Waals surface area contributed by atoms with Crippen molar-refractivity contribution in [2.45, 2.75) is 30.7 Å². The van der Waals surface area contributed by atoms with Gasteiger partial charge in [-0.15, -0.1) is 11.8 Å². The van der Waals surface area contributed by atoms with Gasteiger partial charge in [-0.2, -0.15) is 0 Å². The number of Topliss-reactive ketones (excluding diaryl/α,β-unsaturated/α-hetero) is 1. The lowest BCUT2D eigenvalue weighted by Gasteiger charge is -2.07. The SMILES string of the molecule is CCC(N)CC(=O)c1ccc(SC)cc1. The molecule has 0 aliphatic heterocycles. The van der Waals surface area contributed by atoms with Crippen LogP contribution in [0.5, 0.6) is 0 Å². The van der Waals surface area contributed by atoms with Crippen molar-refractivity contribution in [2.75, 3.05) is 6.26 Å². The lowest BCUT2D eigenvalue weighted by Crippen LogP contribution is -2.22. The third-order valence-corrected chi connectivity index (χ3v) is 3.13. The first-order chi connectivity index (χ1) is 7.17. The van der Waals surface area contributed by atoms with Crippen molar-refractivity contribution in [1.82, 2.24) is 0 Å². The second-order valence-corrected chi connectivity index (χ2v) is 4.40. The van der Waals surface area contributed by atoms with E-state index in [9.17, 15) is 4.79 Å². The molecule has 1 rings (SSSR count). The van der Waals surface area contributed by atoms with Crippen LogP contribution < -0.4 is 5.73 Å². The first-order valence-corrected chi connectivity index (χ1v) is 6.32. The first kappa shape index (κ1) is 12.3. The maximum absolute atomic E-state index is 11.7. The Bertz CT molecular complexity index is 321. The van der Waals surface area contributed by atoms with Gasteiger partial charge in [0.05, 0.1) is 0 Å². The lowest BCUT2D eigenvalue weighted by atomic mass is 10.0. The monoisotopic (exact) mass is 223 g/mol. The predicted molar refractivity (Wildman–Crippen MR) is 65.4 cm³/mol. The molecule has 0 heterocycles. The second-order valence-electron chi connectivity index (χ2n) is 3.52. The normalized spacial score (nSPS) is 12.5. The summed E-state index contributed by atoms with van der Waals surface area (Å²) in [5, 5.41) is 0. The van der Waals surface area contributed by atoms with Crippen LogP contribution in [-0.4, -0.2) is 18.1 Å². The van der Waals surface area contributed by atoms with Crippen molar-refractivity contribution < 1.29 is 4.79 Å². The van der Waals surface area contributed by atoms with Crippen molar-refractivity contribution in [2.24, 2.45) is 5.73 Å². The number of hydrogen-bond donors (Lipinski definition) is 1. The molecular formula is C12H17NOS. The molecule has 0 radical (unpaired) electrons. The largest absolute Gasteiger partial charge is 0.327 e. The van der Waals surface area contributed by atoms with Gasteiger partial charge in [0.2, 0.25) is 0 Å². The second kappa shape index (κ2) is 5.93. The van der Waals surface area contributed by atoms with Crippen LogP contribution in [0.2, 0.25) is 0 Å². The van der Waals surface area contributed by atoms with E-state index in [-0.39, 0.29) is 11.8 Å². The van der Waals surface area contributed by atoms with Gasteiger partial charge in [-0.25, -0.2) is 0 Å². The third-order valence-electron chi connectivity index (χ3n) is 2.38. The van der Waals surface area contributed by atoms with Gasteiger partial charge < -0.3 is 5.73 Å². The van der Waals surface area contributed by atoms with E-state index in [4.69, 9.17) is 5.73 Å². The molecule has 0 aromatic heterocycles. The summed E-state index contributed by atoms with van der Waals surface area (Å²) in [7, 11) is 0. The van der Waals surface area contributed by atoms with Gasteiger partial charge >= 0.3 is 0 Å². The van der Waals surface area contributed by atoms with E-state index in [0.29, 0.717) is 6.42 Å². The summed E-state index contributed by atoms with van der Waals surface area (Å²) in [5.41, 5.74) is 6.50. The van der Waals surface area contributed by atoms with Gasteiger partial charge in [0.25, 0.3) is 0 Å². The molecule has 3 heteroatoms. The number of nitrogens with two attached hydrogens (primary N) is 1. The Balaban J connectivity index is 2.66. The Morgan fingerprint density at radius 2 is 2.00 bits per heavy atom. The molecule has 1 aromatic carbocycles. The molecule has 0 aliphatic rings. The summed E-state index contributed by atoms with van der Waals surface area (Å²) in [6, 6.07) is 7.66. The van der Waals surface area contributed by atoms with Crippen molar-refractivity contribution >= 4 is 17.5 Å². The smallest absolute Gasteiger partial charge is 0.164 e. The average molecular weight is 223 g/mol. The van der Waals surface area contributed by atoms with E-state index in [1.807, 2.05) is 37.4 Å². The Kier molecular flexibility index (Phi) is 4.85. The first-order valence-electron chi connectivity index (χ1n) is 5.10. The van der Waals surface area contributed by atoms with Crippen LogP contribution in [0.3, 0.4) is 0 Å². The number of rotatable bonds is 5. The topological polar surface area (TPSA) is 43.1 Å². The highest BCUT2D eigenvalue weighted by atomic mass is 32.2. The summed E-state index contributed by atoms with van der Waals surface area (Å²) >= 11 is 1.67. The molecule has 82 valence electrons. The highest BCUT2D eigenvalue weighted by Crippen LogP contribution is 2.16. The molecule has 0 amide bonds. The minimum absolute atomic E-state index is 0.0160. The zero-order valence-corrected chi connectivity index (χ0v) is 10.0. The zero-order valence-electron chi connectivity index (χ0n) is 9.19. The summed E-state index contributed by atoms with van der Waals surface area (Å²) in [6.07, 6.45) is 3.30. The molecule has 1 aromatic rings. The average Bonchev–Trinajstić information content (AvgIpc) is 2.29. The van der Waals surface area contributed by atoms with Gasteiger partial charge in [-0.3, -0.25) is 4.79 Å². The maximum atomic E-state index is 11.7. The number of benzene rings is 1. The van der Waals surface area contributed by atoms with Crippen LogP contribution in [0.25, 0.3) is 0 Å². The molecule has 0 fully saturated rings. The van der Waals surface area contributed by atoms with Gasteiger partial charge in [0, 0.05) is 22.9 Å². The van der Waals surface area contributed by atoms with Crippen LogP contribution in [0, 0.1) is 0 Å². The van der Waals surface area contributed by atoms with Crippen LogP contribution in [0.15, 0.2) is 29.2 Å². The number of ketones is 1. The van der Waals surface area contributed by atoms with E-state index in [1.54, 1.807) is 11.8 Å². The molecule has 1 atom stereocenters. The summed E-state index contributed by atoms with van der Waals surface area (Å²) in [5.74, 6) is 0.136. The highest BCUT2D eigenvalue weighted by Gasteiger charge is 2.09. The Labute approximate surface area is 95.2 Å². The maximum Gasteiger partial charge on any atom is 0.164 e. The standard InChI is InChI=1S/C12H17NOS/c1-3-10(13)8-12(14)9-4-6-11(15-2)7-5-9/h4-7,10H,3,8,13H2,1-2H3. The van der Waals surface area contributed by atoms with E-state index < -0.39 is 0 Å². The minimum Gasteiger partial charge on any atom is -0.327 e. The molecule has 15 heavy (non-hydrogen) atoms. The third kappa shape index (κ3) is 3.68. The number of thioether (sulfide) groups is 1. The molecule has 2 N–H and O–H groups in total. The fourth-order valence-electron chi connectivity index (χ4n) is 1.28. The lowest BCUT2D eigenvalue weighted by molar-refractivity contribution is 0.0974. The van der Waals surface area contributed by atoms with Crippen LogP contribution >= 0.6 is 11.8 Å². The Hall–Kier alpha value is -0.800. The fourth-order valence-corrected chi connectivity index (χ4v) is 1.69. The number of carbonyl (C=O) groups excluding carboxylic acids is 1. The number of hydrogen-bond acceptors (Lipinski definition) is 3. The van der Waals surface area contributed by atoms with Gasteiger partial charge in [0.15, 0.2) is 5.78 Å². The van der Waals surface area contributed by atoms with Crippen LogP contribution in [0.4, 0.5) is 0 Å². The Morgan fingerprint density at radius 1 is 1.40 bits per heavy atom. The fraction of sp³-hybridized carbons (Fsp3) is 0.417. The van der Waals surface area contributed by atoms with Crippen molar-refractivity contribution in [1.29, 1.82) is 0 Å². The van der Waals surface area contributed by atoms with Crippen LogP contribution in [-0.2, 0) is 0 Å². The van der Waals surface area contributed by atoms with E-state index in [2.05, 4.69) is 0 Å². The van der Waals surface area contributed by atoms with E-state index >= 15 is 0 Å². The van der Waals surface area contributed by atoms with E-state index in [0.717, 1.165) is 12.0 Å². The van der Waals surface area contributed by atoms with Gasteiger partial charge in [-0.1, -0.05) is 19.1 Å². The van der Waals surface area contributed by atoms with Gasteiger partial charge in [0.1, 0.15) is 0 Å². The van der Waals surface area contributed by atoms with Crippen molar-refractivity contribution in [3.63, 3.8) is 0 Å². The molecule has 0 bridgehead atoms. The molecule has 0 aliphatic carbocycles. The Morgan fingerprint density at radius 3 is 2.47 bits per heavy atom. The minimum atomic E-state index is -0.0160.